The van der Waals surface area contributed by atoms with Crippen molar-refractivity contribution < 1.29 is 5.11 Å². The molecule has 0 fully saturated rings. The first-order chi connectivity index (χ1) is 5.14. The van der Waals surface area contributed by atoms with E-state index in [9.17, 15) is 0 Å². The zero-order valence-corrected chi connectivity index (χ0v) is 7.93. The van der Waals surface area contributed by atoms with Crippen LogP contribution in [0.4, 0.5) is 0 Å². The lowest BCUT2D eigenvalue weighted by atomic mass is 9.75. The van der Waals surface area contributed by atoms with Gasteiger partial charge in [0.05, 0.1) is 0 Å². The molecule has 0 spiro atoms. The van der Waals surface area contributed by atoms with Gasteiger partial charge in [-0.15, -0.1) is 0 Å². The Kier molecular flexibility index (Phi) is 4.69. The van der Waals surface area contributed by atoms with Crippen molar-refractivity contribution in [2.45, 2.75) is 33.6 Å². The molecular formula is C9H21NO. The van der Waals surface area contributed by atoms with E-state index in [0.717, 1.165) is 12.8 Å². The molecule has 0 bridgehead atoms. The fraction of sp³-hybridized carbons (Fsp3) is 1.00. The summed E-state index contributed by atoms with van der Waals surface area (Å²) in [7, 11) is 0. The fourth-order valence-corrected chi connectivity index (χ4v) is 1.63. The molecule has 0 aromatic heterocycles. The monoisotopic (exact) mass is 159 g/mol. The summed E-state index contributed by atoms with van der Waals surface area (Å²) in [5.41, 5.74) is 5.54. The predicted molar refractivity (Wildman–Crippen MR) is 48.3 cm³/mol. The van der Waals surface area contributed by atoms with Crippen LogP contribution in [0, 0.1) is 11.3 Å². The van der Waals surface area contributed by atoms with Crippen LogP contribution in [-0.2, 0) is 0 Å². The Hall–Kier alpha value is -0.0800. The molecular weight excluding hydrogens is 138 g/mol. The van der Waals surface area contributed by atoms with Crippen LogP contribution in [0.25, 0.3) is 0 Å². The van der Waals surface area contributed by atoms with Gasteiger partial charge >= 0.3 is 0 Å². The third kappa shape index (κ3) is 2.46. The van der Waals surface area contributed by atoms with E-state index >= 15 is 0 Å². The predicted octanol–water partition coefficient (Wildman–Crippen LogP) is 1.38. The van der Waals surface area contributed by atoms with Gasteiger partial charge in [0.1, 0.15) is 0 Å². The molecule has 0 aromatic rings. The number of nitrogens with two attached hydrogens (primary N) is 1. The maximum absolute atomic E-state index is 9.14. The normalized spacial score (nSPS) is 16.9. The molecule has 0 heterocycles. The molecule has 0 aromatic carbocycles. The summed E-state index contributed by atoms with van der Waals surface area (Å²) < 4.78 is 0. The van der Waals surface area contributed by atoms with E-state index < -0.39 is 0 Å². The maximum Gasteiger partial charge on any atom is 0.0499 e. The summed E-state index contributed by atoms with van der Waals surface area (Å²) in [6.45, 7) is 7.14. The Morgan fingerprint density at radius 3 is 1.91 bits per heavy atom. The van der Waals surface area contributed by atoms with Crippen LogP contribution in [0.3, 0.4) is 0 Å². The Morgan fingerprint density at radius 1 is 1.36 bits per heavy atom. The molecule has 1 atom stereocenters. The van der Waals surface area contributed by atoms with E-state index in [0.29, 0.717) is 12.5 Å². The number of rotatable bonds is 5. The summed E-state index contributed by atoms with van der Waals surface area (Å²) in [6.07, 6.45) is 2.20. The molecule has 0 radical (unpaired) electrons. The number of hydrogen-bond donors (Lipinski definition) is 2. The van der Waals surface area contributed by atoms with Crippen molar-refractivity contribution in [2.75, 3.05) is 13.2 Å². The van der Waals surface area contributed by atoms with Crippen LogP contribution in [0.2, 0.25) is 0 Å². The van der Waals surface area contributed by atoms with Crippen molar-refractivity contribution in [3.8, 4) is 0 Å². The minimum atomic E-state index is -0.0660. The zero-order valence-electron chi connectivity index (χ0n) is 7.93. The highest BCUT2D eigenvalue weighted by Gasteiger charge is 2.29. The van der Waals surface area contributed by atoms with Gasteiger partial charge in [0.25, 0.3) is 0 Å². The maximum atomic E-state index is 9.14. The Balaban J connectivity index is 4.19. The second kappa shape index (κ2) is 4.73. The summed E-state index contributed by atoms with van der Waals surface area (Å²) in [6, 6.07) is 0. The molecule has 3 N–H and O–H groups in total. The van der Waals surface area contributed by atoms with E-state index in [2.05, 4.69) is 20.8 Å². The second-order valence-corrected chi connectivity index (χ2v) is 3.53. The van der Waals surface area contributed by atoms with E-state index in [1.165, 1.54) is 0 Å². The molecule has 0 rings (SSSR count). The molecule has 2 heteroatoms. The molecule has 0 aliphatic carbocycles. The quantitative estimate of drug-likeness (QED) is 0.636. The Bertz CT molecular complexity index is 95.7. The van der Waals surface area contributed by atoms with Crippen molar-refractivity contribution in [2.24, 2.45) is 17.1 Å². The van der Waals surface area contributed by atoms with Gasteiger partial charge in [-0.1, -0.05) is 33.6 Å². The van der Waals surface area contributed by atoms with Crippen LogP contribution in [0.1, 0.15) is 33.6 Å². The van der Waals surface area contributed by atoms with Crippen molar-refractivity contribution in [1.29, 1.82) is 0 Å². The highest BCUT2D eigenvalue weighted by Crippen LogP contribution is 2.30. The van der Waals surface area contributed by atoms with Gasteiger partial charge in [0.2, 0.25) is 0 Å². The minimum absolute atomic E-state index is 0.0660. The third-order valence-electron chi connectivity index (χ3n) is 2.80. The molecule has 0 aliphatic rings. The number of aliphatic hydroxyl groups excluding tert-OH is 1. The molecule has 0 saturated heterocycles. The van der Waals surface area contributed by atoms with Crippen LogP contribution in [0.15, 0.2) is 0 Å². The smallest absolute Gasteiger partial charge is 0.0499 e. The number of hydrogen-bond acceptors (Lipinski definition) is 2. The number of aliphatic hydroxyl groups is 1. The lowest BCUT2D eigenvalue weighted by Gasteiger charge is -2.33. The van der Waals surface area contributed by atoms with Gasteiger partial charge in [0.15, 0.2) is 0 Å². The average Bonchev–Trinajstić information content (AvgIpc) is 2.06. The molecule has 0 saturated carbocycles. The van der Waals surface area contributed by atoms with Gasteiger partial charge in [-0.25, -0.2) is 0 Å². The van der Waals surface area contributed by atoms with Gasteiger partial charge in [-0.05, 0) is 5.92 Å². The minimum Gasteiger partial charge on any atom is -0.396 e. The van der Waals surface area contributed by atoms with Crippen molar-refractivity contribution >= 4 is 0 Å². The first-order valence-corrected chi connectivity index (χ1v) is 4.45. The third-order valence-corrected chi connectivity index (χ3v) is 2.80. The molecule has 11 heavy (non-hydrogen) atoms. The van der Waals surface area contributed by atoms with Crippen molar-refractivity contribution in [3.05, 3.63) is 0 Å². The van der Waals surface area contributed by atoms with Crippen LogP contribution in [0.5, 0.6) is 0 Å². The van der Waals surface area contributed by atoms with Gasteiger partial charge in [-0.3, -0.25) is 0 Å². The van der Waals surface area contributed by atoms with E-state index in [1.807, 2.05) is 0 Å². The first kappa shape index (κ1) is 10.9. The topological polar surface area (TPSA) is 46.2 Å². The summed E-state index contributed by atoms with van der Waals surface area (Å²) in [4.78, 5) is 0. The van der Waals surface area contributed by atoms with Crippen LogP contribution >= 0.6 is 0 Å². The lowest BCUT2D eigenvalue weighted by Crippen LogP contribution is -2.38. The van der Waals surface area contributed by atoms with Crippen molar-refractivity contribution in [3.63, 3.8) is 0 Å². The fourth-order valence-electron chi connectivity index (χ4n) is 1.63. The average molecular weight is 159 g/mol. The summed E-state index contributed by atoms with van der Waals surface area (Å²) >= 11 is 0. The molecule has 0 aliphatic heterocycles. The van der Waals surface area contributed by atoms with E-state index in [-0.39, 0.29) is 12.0 Å². The van der Waals surface area contributed by atoms with Gasteiger partial charge in [0, 0.05) is 18.6 Å². The molecule has 1 unspecified atom stereocenters. The zero-order chi connectivity index (χ0) is 8.91. The van der Waals surface area contributed by atoms with E-state index in [4.69, 9.17) is 10.8 Å². The largest absolute Gasteiger partial charge is 0.396 e. The van der Waals surface area contributed by atoms with E-state index in [1.54, 1.807) is 0 Å². The van der Waals surface area contributed by atoms with Gasteiger partial charge < -0.3 is 10.8 Å². The molecule has 0 amide bonds. The Labute approximate surface area is 69.8 Å². The molecule has 2 nitrogen and oxygen atoms in total. The van der Waals surface area contributed by atoms with Crippen LogP contribution in [-0.4, -0.2) is 18.3 Å². The van der Waals surface area contributed by atoms with Crippen molar-refractivity contribution in [1.82, 2.24) is 0 Å². The highest BCUT2D eigenvalue weighted by molar-refractivity contribution is 4.81. The molecule has 68 valence electrons. The summed E-state index contributed by atoms with van der Waals surface area (Å²) in [5, 5.41) is 9.14. The first-order valence-electron chi connectivity index (χ1n) is 4.45. The second-order valence-electron chi connectivity index (χ2n) is 3.53. The highest BCUT2D eigenvalue weighted by atomic mass is 16.3. The van der Waals surface area contributed by atoms with Crippen LogP contribution < -0.4 is 5.73 Å². The van der Waals surface area contributed by atoms with Gasteiger partial charge in [-0.2, -0.15) is 0 Å². The SMILES string of the molecule is CCC(CC)C(C)(CN)CO. The summed E-state index contributed by atoms with van der Waals surface area (Å²) in [5.74, 6) is 0.553. The lowest BCUT2D eigenvalue weighted by molar-refractivity contribution is 0.0810. The Morgan fingerprint density at radius 2 is 1.82 bits per heavy atom. The standard InChI is InChI=1S/C9H21NO/c1-4-8(5-2)9(3,6-10)7-11/h8,11H,4-7,10H2,1-3H3.